The molecule has 3 aromatic rings. The third-order valence-corrected chi connectivity index (χ3v) is 4.06. The Morgan fingerprint density at radius 3 is 2.65 bits per heavy atom. The van der Waals surface area contributed by atoms with Gasteiger partial charge in [-0.25, -0.2) is 4.98 Å². The van der Waals surface area contributed by atoms with E-state index in [0.717, 1.165) is 11.1 Å². The second-order valence-corrected chi connectivity index (χ2v) is 5.51. The van der Waals surface area contributed by atoms with E-state index in [4.69, 9.17) is 4.18 Å². The maximum absolute atomic E-state index is 10.8. The van der Waals surface area contributed by atoms with Crippen molar-refractivity contribution in [3.63, 3.8) is 0 Å². The number of hydrogen-bond donors (Lipinski definition) is 1. The van der Waals surface area contributed by atoms with Gasteiger partial charge < -0.3 is 4.18 Å². The number of pyridine rings is 1. The first-order valence-electron chi connectivity index (χ1n) is 5.64. The summed E-state index contributed by atoms with van der Waals surface area (Å²) in [6.07, 6.45) is 3.25. The normalized spacial score (nSPS) is 11.1. The van der Waals surface area contributed by atoms with Crippen LogP contribution in [0.4, 0.5) is 0 Å². The van der Waals surface area contributed by atoms with E-state index in [0.29, 0.717) is 16.0 Å². The summed E-state index contributed by atoms with van der Waals surface area (Å²) < 4.78 is 27.1. The Balaban J connectivity index is 2.26. The fourth-order valence-corrected chi connectivity index (χ4v) is 3.02. The van der Waals surface area contributed by atoms with Gasteiger partial charge in [0, 0.05) is 18.0 Å². The summed E-state index contributed by atoms with van der Waals surface area (Å²) in [4.78, 5) is 12.6. The Hall–Kier alpha value is -2.06. The Kier molecular flexibility index (Phi) is 3.33. The molecule has 0 unspecified atom stereocenters. The molecule has 3 rings (SSSR count). The van der Waals surface area contributed by atoms with Crippen LogP contribution < -0.4 is 4.18 Å². The highest BCUT2D eigenvalue weighted by Gasteiger charge is 2.14. The van der Waals surface area contributed by atoms with Gasteiger partial charge in [0.05, 0.1) is 5.52 Å². The summed E-state index contributed by atoms with van der Waals surface area (Å²) in [5.74, 6) is 0.476. The molecule has 0 aliphatic heterocycles. The first-order valence-corrected chi connectivity index (χ1v) is 7.61. The van der Waals surface area contributed by atoms with E-state index in [1.807, 2.05) is 12.3 Å². The molecule has 0 saturated carbocycles. The number of aryl methyl sites for hydroxylation is 1. The molecule has 0 saturated heterocycles. The smallest absolute Gasteiger partial charge is 0.300 e. The monoisotopic (exact) mass is 307 g/mol. The van der Waals surface area contributed by atoms with Crippen molar-refractivity contribution in [1.82, 2.24) is 15.0 Å². The van der Waals surface area contributed by atoms with E-state index in [1.54, 1.807) is 24.5 Å². The minimum absolute atomic E-state index is 0.0658. The Morgan fingerprint density at radius 1 is 1.20 bits per heavy atom. The van der Waals surface area contributed by atoms with Crippen molar-refractivity contribution in [3.8, 4) is 17.3 Å². The maximum atomic E-state index is 10.8. The predicted molar refractivity (Wildman–Crippen MR) is 76.3 cm³/mol. The second-order valence-electron chi connectivity index (χ2n) is 4.00. The van der Waals surface area contributed by atoms with Crippen LogP contribution in [0.5, 0.6) is 5.88 Å². The van der Waals surface area contributed by atoms with Crippen LogP contribution in [0.3, 0.4) is 0 Å². The molecule has 0 aliphatic carbocycles. The molecule has 0 aromatic carbocycles. The lowest BCUT2D eigenvalue weighted by atomic mass is 10.2. The molecule has 0 aliphatic rings. The van der Waals surface area contributed by atoms with Crippen molar-refractivity contribution in [1.29, 1.82) is 0 Å². The Labute approximate surface area is 120 Å². The van der Waals surface area contributed by atoms with Gasteiger partial charge >= 0.3 is 11.0 Å². The summed E-state index contributed by atoms with van der Waals surface area (Å²) in [6, 6.07) is 3.51. The fourth-order valence-electron chi connectivity index (χ4n) is 1.77. The van der Waals surface area contributed by atoms with E-state index in [1.165, 1.54) is 11.3 Å². The third kappa shape index (κ3) is 2.35. The summed E-state index contributed by atoms with van der Waals surface area (Å²) >= 11 is 1.36. The second kappa shape index (κ2) is 5.14. The highest BCUT2D eigenvalue weighted by molar-refractivity contribution is 7.67. The topological polar surface area (TPSA) is 82.0 Å². The van der Waals surface area contributed by atoms with Crippen LogP contribution in [0.2, 0.25) is 0 Å². The van der Waals surface area contributed by atoms with Gasteiger partial charge in [-0.15, -0.1) is 11.3 Å². The zero-order valence-electron chi connectivity index (χ0n) is 10.3. The molecule has 0 spiro atoms. The molecular weight excluding hydrogens is 298 g/mol. The summed E-state index contributed by atoms with van der Waals surface area (Å²) in [7, 11) is -3.02. The van der Waals surface area contributed by atoms with E-state index < -0.39 is 11.0 Å². The lowest BCUT2D eigenvalue weighted by Gasteiger charge is -2.04. The average Bonchev–Trinajstić information content (AvgIpc) is 2.81. The molecule has 3 heterocycles. The fraction of sp³-hybridized carbons (Fsp3) is 0.0833. The van der Waals surface area contributed by atoms with Crippen LogP contribution >= 0.6 is 11.3 Å². The maximum Gasteiger partial charge on any atom is 0.300 e. The number of rotatable bonds is 3. The molecule has 0 N–H and O–H groups in total. The van der Waals surface area contributed by atoms with Gasteiger partial charge in [-0.1, -0.05) is 0 Å². The zero-order valence-corrected chi connectivity index (χ0v) is 12.0. The number of thiol groups is 1. The van der Waals surface area contributed by atoms with Gasteiger partial charge in [-0.3, -0.25) is 4.98 Å². The number of hydrogen-bond acceptors (Lipinski definition) is 7. The van der Waals surface area contributed by atoms with Crippen molar-refractivity contribution in [2.45, 2.75) is 6.92 Å². The van der Waals surface area contributed by atoms with Gasteiger partial charge in [0.1, 0.15) is 4.70 Å². The average molecular weight is 307 g/mol. The standard InChI is InChI=1S/C12H9N3O3S2/c1-7-6-19-10-9(7)14-11(8-2-4-13-5-3-8)15-12(10)18-20(16)17/h2-6,20H,1H3. The van der Waals surface area contributed by atoms with Crippen molar-refractivity contribution in [2.75, 3.05) is 0 Å². The van der Waals surface area contributed by atoms with Gasteiger partial charge in [0.2, 0.25) is 0 Å². The zero-order chi connectivity index (χ0) is 14.1. The van der Waals surface area contributed by atoms with Gasteiger partial charge in [-0.2, -0.15) is 13.4 Å². The molecular formula is C12H9N3O3S2. The van der Waals surface area contributed by atoms with Crippen LogP contribution in [-0.2, 0) is 11.0 Å². The Bertz CT molecular complexity index is 836. The molecule has 3 aromatic heterocycles. The summed E-state index contributed by atoms with van der Waals surface area (Å²) in [5.41, 5.74) is 2.40. The first-order chi connectivity index (χ1) is 9.65. The quantitative estimate of drug-likeness (QED) is 0.745. The number of nitrogens with zero attached hydrogens (tertiary/aromatic N) is 3. The molecule has 0 bridgehead atoms. The van der Waals surface area contributed by atoms with Crippen LogP contribution in [0, 0.1) is 6.92 Å². The van der Waals surface area contributed by atoms with E-state index in [9.17, 15) is 8.42 Å². The highest BCUT2D eigenvalue weighted by atomic mass is 32.2. The molecule has 8 heteroatoms. The van der Waals surface area contributed by atoms with Gasteiger partial charge in [0.15, 0.2) is 5.82 Å². The number of aromatic nitrogens is 3. The Morgan fingerprint density at radius 2 is 1.95 bits per heavy atom. The van der Waals surface area contributed by atoms with Crippen molar-refractivity contribution < 1.29 is 12.6 Å². The highest BCUT2D eigenvalue weighted by Crippen LogP contribution is 2.33. The van der Waals surface area contributed by atoms with Crippen LogP contribution in [0.1, 0.15) is 5.56 Å². The van der Waals surface area contributed by atoms with E-state index in [-0.39, 0.29) is 5.88 Å². The molecule has 0 radical (unpaired) electrons. The van der Waals surface area contributed by atoms with Crippen molar-refractivity contribution in [2.24, 2.45) is 0 Å². The number of fused-ring (bicyclic) bond motifs is 1. The van der Waals surface area contributed by atoms with Gasteiger partial charge in [0.25, 0.3) is 5.88 Å². The van der Waals surface area contributed by atoms with Crippen LogP contribution in [-0.4, -0.2) is 23.4 Å². The molecule has 102 valence electrons. The molecule has 20 heavy (non-hydrogen) atoms. The van der Waals surface area contributed by atoms with E-state index >= 15 is 0 Å². The minimum Gasteiger partial charge on any atom is -0.362 e. The summed E-state index contributed by atoms with van der Waals surface area (Å²) in [6.45, 7) is 1.91. The van der Waals surface area contributed by atoms with Crippen molar-refractivity contribution in [3.05, 3.63) is 35.5 Å². The minimum atomic E-state index is -3.02. The third-order valence-electron chi connectivity index (χ3n) is 2.66. The first kappa shape index (κ1) is 12.9. The molecule has 0 fully saturated rings. The summed E-state index contributed by atoms with van der Waals surface area (Å²) in [5, 5.41) is 1.89. The van der Waals surface area contributed by atoms with Gasteiger partial charge in [-0.05, 0) is 30.0 Å². The SMILES string of the molecule is Cc1csc2c(O[SH](=O)=O)nc(-c3ccncc3)nc12. The van der Waals surface area contributed by atoms with E-state index in [2.05, 4.69) is 15.0 Å². The van der Waals surface area contributed by atoms with Crippen molar-refractivity contribution >= 4 is 32.5 Å². The lowest BCUT2D eigenvalue weighted by molar-refractivity contribution is 0.503. The molecule has 0 atom stereocenters. The number of thiophene rings is 1. The van der Waals surface area contributed by atoms with Crippen LogP contribution in [0.25, 0.3) is 21.6 Å². The van der Waals surface area contributed by atoms with Crippen LogP contribution in [0.15, 0.2) is 29.9 Å². The lowest BCUT2D eigenvalue weighted by Crippen LogP contribution is -1.97. The largest absolute Gasteiger partial charge is 0.362 e. The predicted octanol–water partition coefficient (Wildman–Crippen LogP) is 1.97. The molecule has 0 amide bonds. The molecule has 6 nitrogen and oxygen atoms in total.